The molecule has 2 N–H and O–H groups in total. The lowest BCUT2D eigenvalue weighted by atomic mass is 10.2. The van der Waals surface area contributed by atoms with Crippen LogP contribution in [0.25, 0.3) is 0 Å². The van der Waals surface area contributed by atoms with Gasteiger partial charge < -0.3 is 10.5 Å². The molecule has 0 heterocycles. The third-order valence-electron chi connectivity index (χ3n) is 1.26. The smallest absolute Gasteiger partial charge is 0.337 e. The first-order valence-corrected chi connectivity index (χ1v) is 3.09. The summed E-state index contributed by atoms with van der Waals surface area (Å²) in [6.07, 6.45) is 0. The lowest BCUT2D eigenvalue weighted by Gasteiger charge is -1.97. The molecular weight excluding hydrogens is 142 g/mol. The Labute approximate surface area is 66.2 Å². The van der Waals surface area contributed by atoms with E-state index < -0.39 is 5.97 Å². The highest BCUT2D eigenvalue weighted by molar-refractivity contribution is 5.89. The van der Waals surface area contributed by atoms with Crippen molar-refractivity contribution in [2.75, 3.05) is 12.8 Å². The van der Waals surface area contributed by atoms with Crippen LogP contribution in [0, 0.1) is 0 Å². The van der Waals surface area contributed by atoms with Gasteiger partial charge in [0.15, 0.2) is 0 Å². The van der Waals surface area contributed by atoms with Crippen LogP contribution in [-0.2, 0) is 4.74 Å². The first-order valence-electron chi connectivity index (χ1n) is 3.59. The summed E-state index contributed by atoms with van der Waals surface area (Å²) >= 11 is 0. The molecule has 0 radical (unpaired) electrons. The van der Waals surface area contributed by atoms with Gasteiger partial charge in [-0.3, -0.25) is 0 Å². The summed E-state index contributed by atoms with van der Waals surface area (Å²) in [6.45, 7) is 0. The lowest BCUT2D eigenvalue weighted by molar-refractivity contribution is 0.0601. The van der Waals surface area contributed by atoms with E-state index in [1.54, 1.807) is 0 Å². The molecule has 0 saturated heterocycles. The first-order chi connectivity index (χ1) is 5.65. The summed E-state index contributed by atoms with van der Waals surface area (Å²) in [6, 6.07) is 4.55. The number of methoxy groups -OCH3 is 1. The molecule has 0 aliphatic heterocycles. The molecule has 1 aromatic rings. The number of anilines is 1. The van der Waals surface area contributed by atoms with Gasteiger partial charge in [-0.2, -0.15) is 0 Å². The summed E-state index contributed by atoms with van der Waals surface area (Å²) < 4.78 is 11.8. The molecule has 0 aliphatic rings. The minimum Gasteiger partial charge on any atom is -0.465 e. The summed E-state index contributed by atoms with van der Waals surface area (Å²) in [5.41, 5.74) is 6.08. The number of nitrogens with two attached hydrogens (primary N) is 1. The highest BCUT2D eigenvalue weighted by atomic mass is 16.5. The Morgan fingerprint density at radius 3 is 2.91 bits per heavy atom. The minimum atomic E-state index is -0.455. The molecule has 0 unspecified atom stereocenters. The molecule has 1 rings (SSSR count). The van der Waals surface area contributed by atoms with Gasteiger partial charge in [-0.25, -0.2) is 4.79 Å². The first kappa shape index (κ1) is 6.22. The zero-order valence-corrected chi connectivity index (χ0v) is 6.13. The van der Waals surface area contributed by atoms with Crippen LogP contribution in [-0.4, -0.2) is 13.1 Å². The molecular formula is C8H9NO2. The van der Waals surface area contributed by atoms with Gasteiger partial charge in [0.25, 0.3) is 0 Å². The van der Waals surface area contributed by atoms with E-state index >= 15 is 0 Å². The van der Waals surface area contributed by atoms with Gasteiger partial charge in [-0.05, 0) is 24.2 Å². The van der Waals surface area contributed by atoms with E-state index in [2.05, 4.69) is 4.74 Å². The second-order valence-electron chi connectivity index (χ2n) is 2.02. The fourth-order valence-electron chi connectivity index (χ4n) is 0.682. The van der Waals surface area contributed by atoms with Crippen LogP contribution in [0.3, 0.4) is 0 Å². The monoisotopic (exact) mass is 152 g/mol. The van der Waals surface area contributed by atoms with Crippen molar-refractivity contribution in [1.82, 2.24) is 0 Å². The molecule has 0 aliphatic carbocycles. The van der Waals surface area contributed by atoms with Crippen molar-refractivity contribution in [2.24, 2.45) is 0 Å². The molecule has 0 fully saturated rings. The number of carbonyl (C=O) groups is 1. The normalized spacial score (nSPS) is 10.5. The zero-order chi connectivity index (χ0) is 9.14. The van der Waals surface area contributed by atoms with Crippen LogP contribution in [0.2, 0.25) is 0 Å². The van der Waals surface area contributed by atoms with Crippen molar-refractivity contribution in [3.05, 3.63) is 29.8 Å². The zero-order valence-electron chi connectivity index (χ0n) is 7.13. The van der Waals surface area contributed by atoms with Gasteiger partial charge in [-0.15, -0.1) is 0 Å². The van der Waals surface area contributed by atoms with Crippen LogP contribution in [0.4, 0.5) is 5.69 Å². The van der Waals surface area contributed by atoms with Gasteiger partial charge in [0.1, 0.15) is 0 Å². The average molecular weight is 152 g/mol. The molecule has 3 nitrogen and oxygen atoms in total. The van der Waals surface area contributed by atoms with Gasteiger partial charge >= 0.3 is 5.97 Å². The molecule has 0 amide bonds. The number of hydrogen-bond donors (Lipinski definition) is 1. The van der Waals surface area contributed by atoms with Crippen molar-refractivity contribution < 1.29 is 10.9 Å². The van der Waals surface area contributed by atoms with Crippen LogP contribution in [0.15, 0.2) is 24.2 Å². The Morgan fingerprint density at radius 1 is 1.64 bits per heavy atom. The predicted molar refractivity (Wildman–Crippen MR) is 42.2 cm³/mol. The minimum absolute atomic E-state index is 0.137. The quantitative estimate of drug-likeness (QED) is 0.483. The number of nitrogen functional groups attached to an aromatic ring is 1. The highest BCUT2D eigenvalue weighted by Crippen LogP contribution is 2.05. The molecule has 0 atom stereocenters. The Morgan fingerprint density at radius 2 is 2.36 bits per heavy atom. The van der Waals surface area contributed by atoms with E-state index in [-0.39, 0.29) is 6.04 Å². The summed E-state index contributed by atoms with van der Waals surface area (Å²) in [7, 11) is 1.29. The van der Waals surface area contributed by atoms with Crippen LogP contribution < -0.4 is 5.73 Å². The maximum Gasteiger partial charge on any atom is 0.337 e. The van der Waals surface area contributed by atoms with E-state index in [1.165, 1.54) is 25.3 Å². The van der Waals surface area contributed by atoms with Crippen LogP contribution >= 0.6 is 0 Å². The molecule has 0 spiro atoms. The van der Waals surface area contributed by atoms with Crippen molar-refractivity contribution in [3.63, 3.8) is 0 Å². The van der Waals surface area contributed by atoms with Crippen molar-refractivity contribution in [2.45, 2.75) is 0 Å². The standard InChI is InChI=1S/C8H9NO2/c1-11-8(10)6-2-4-7(9)5-3-6/h2-5H,9H2,1H3/i4D. The SMILES string of the molecule is [2H]c1cc(C(=O)OC)ccc1N. The van der Waals surface area contributed by atoms with E-state index in [0.29, 0.717) is 11.3 Å². The fraction of sp³-hybridized carbons (Fsp3) is 0.125. The second-order valence-corrected chi connectivity index (χ2v) is 2.02. The largest absolute Gasteiger partial charge is 0.465 e. The number of benzene rings is 1. The Bertz CT molecular complexity index is 312. The Kier molecular flexibility index (Phi) is 1.73. The molecule has 0 saturated carbocycles. The van der Waals surface area contributed by atoms with Crippen LogP contribution in [0.1, 0.15) is 11.7 Å². The fourth-order valence-corrected chi connectivity index (χ4v) is 0.682. The molecule has 3 heteroatoms. The summed E-state index contributed by atoms with van der Waals surface area (Å²) in [4.78, 5) is 10.9. The molecule has 11 heavy (non-hydrogen) atoms. The van der Waals surface area contributed by atoms with Gasteiger partial charge in [0, 0.05) is 5.69 Å². The van der Waals surface area contributed by atoms with Crippen molar-refractivity contribution in [1.29, 1.82) is 0 Å². The highest BCUT2D eigenvalue weighted by Gasteiger charge is 2.02. The third kappa shape index (κ3) is 1.70. The van der Waals surface area contributed by atoms with E-state index in [1.807, 2.05) is 0 Å². The number of rotatable bonds is 1. The van der Waals surface area contributed by atoms with Crippen molar-refractivity contribution >= 4 is 11.7 Å². The van der Waals surface area contributed by atoms with E-state index in [0.717, 1.165) is 0 Å². The molecule has 1 aromatic carbocycles. The maximum absolute atomic E-state index is 10.9. The summed E-state index contributed by atoms with van der Waals surface area (Å²) in [5.74, 6) is -0.455. The average Bonchev–Trinajstić information content (AvgIpc) is 2.08. The predicted octanol–water partition coefficient (Wildman–Crippen LogP) is 1.06. The maximum atomic E-state index is 10.9. The molecule has 0 bridgehead atoms. The number of carbonyl (C=O) groups excluding carboxylic acids is 1. The summed E-state index contributed by atoms with van der Waals surface area (Å²) in [5, 5.41) is 0. The Hall–Kier alpha value is -1.51. The number of ether oxygens (including phenoxy) is 1. The Balaban J connectivity index is 3.05. The van der Waals surface area contributed by atoms with Gasteiger partial charge in [-0.1, -0.05) is 0 Å². The van der Waals surface area contributed by atoms with E-state index in [4.69, 9.17) is 7.10 Å². The third-order valence-corrected chi connectivity index (χ3v) is 1.26. The van der Waals surface area contributed by atoms with Gasteiger partial charge in [0.2, 0.25) is 0 Å². The molecule has 58 valence electrons. The van der Waals surface area contributed by atoms with Crippen LogP contribution in [0.5, 0.6) is 0 Å². The second kappa shape index (κ2) is 3.05. The topological polar surface area (TPSA) is 52.3 Å². The van der Waals surface area contributed by atoms with Gasteiger partial charge in [0.05, 0.1) is 14.0 Å². The van der Waals surface area contributed by atoms with Crippen molar-refractivity contribution in [3.8, 4) is 0 Å². The van der Waals surface area contributed by atoms with E-state index in [9.17, 15) is 4.79 Å². The lowest BCUT2D eigenvalue weighted by Crippen LogP contribution is -2.00. The number of esters is 1. The number of hydrogen-bond acceptors (Lipinski definition) is 3. The molecule has 0 aromatic heterocycles.